The predicted molar refractivity (Wildman–Crippen MR) is 72.5 cm³/mol. The molecule has 0 bridgehead atoms. The van der Waals surface area contributed by atoms with Crippen molar-refractivity contribution in [2.45, 2.75) is 38.4 Å². The Morgan fingerprint density at radius 1 is 1.06 bits per heavy atom. The van der Waals surface area contributed by atoms with Crippen LogP contribution in [0.3, 0.4) is 0 Å². The highest BCUT2D eigenvalue weighted by atomic mass is 15.7. The molecule has 4 heteroatoms. The van der Waals surface area contributed by atoms with E-state index in [1.165, 1.54) is 32.4 Å². The van der Waals surface area contributed by atoms with Gasteiger partial charge in [-0.25, -0.2) is 5.01 Å². The highest BCUT2D eigenvalue weighted by molar-refractivity contribution is 5.46. The van der Waals surface area contributed by atoms with Crippen LogP contribution in [0.15, 0.2) is 40.7 Å². The van der Waals surface area contributed by atoms with Gasteiger partial charge in [0.1, 0.15) is 12.2 Å². The second-order valence-electron chi connectivity index (χ2n) is 5.14. The van der Waals surface area contributed by atoms with Crippen molar-refractivity contribution in [1.29, 1.82) is 0 Å². The first-order valence-electron chi connectivity index (χ1n) is 6.85. The number of hydrogen-bond donors (Lipinski definition) is 0. The maximum absolute atomic E-state index is 4.36. The van der Waals surface area contributed by atoms with Crippen LogP contribution in [0.25, 0.3) is 0 Å². The van der Waals surface area contributed by atoms with Gasteiger partial charge in [0.15, 0.2) is 0 Å². The standard InChI is InChI=1S/C14H20N4/c1-12-14(17-10-6-3-7-11-17)18(16-15-12)13-8-4-2-5-9-13/h2,4-5,8-9,12,14H,3,6-7,10-11H2,1H3/t12-,14-/m1/s1. The normalized spacial score (nSPS) is 28.8. The Morgan fingerprint density at radius 2 is 1.78 bits per heavy atom. The molecule has 1 aromatic rings. The number of rotatable bonds is 2. The monoisotopic (exact) mass is 244 g/mol. The van der Waals surface area contributed by atoms with Crippen molar-refractivity contribution in [1.82, 2.24) is 4.90 Å². The minimum atomic E-state index is 0.253. The molecular formula is C14H20N4. The number of piperidine rings is 1. The van der Waals surface area contributed by atoms with Crippen molar-refractivity contribution in [3.05, 3.63) is 30.3 Å². The van der Waals surface area contributed by atoms with Crippen LogP contribution in [0.2, 0.25) is 0 Å². The topological polar surface area (TPSA) is 31.2 Å². The molecule has 96 valence electrons. The zero-order valence-corrected chi connectivity index (χ0v) is 10.9. The van der Waals surface area contributed by atoms with Gasteiger partial charge in [-0.05, 0) is 31.9 Å². The van der Waals surface area contributed by atoms with Crippen molar-refractivity contribution < 1.29 is 0 Å². The molecule has 1 aromatic carbocycles. The van der Waals surface area contributed by atoms with Crippen LogP contribution in [-0.2, 0) is 0 Å². The van der Waals surface area contributed by atoms with Crippen LogP contribution in [0.5, 0.6) is 0 Å². The van der Waals surface area contributed by atoms with Crippen LogP contribution in [0.4, 0.5) is 5.69 Å². The van der Waals surface area contributed by atoms with E-state index >= 15 is 0 Å². The summed E-state index contributed by atoms with van der Waals surface area (Å²) in [7, 11) is 0. The van der Waals surface area contributed by atoms with E-state index < -0.39 is 0 Å². The Morgan fingerprint density at radius 3 is 2.50 bits per heavy atom. The third-order valence-electron chi connectivity index (χ3n) is 3.80. The average molecular weight is 244 g/mol. The van der Waals surface area contributed by atoms with Gasteiger partial charge in [0.05, 0.1) is 5.69 Å². The Balaban J connectivity index is 1.82. The molecule has 0 aromatic heterocycles. The van der Waals surface area contributed by atoms with Crippen LogP contribution < -0.4 is 5.01 Å². The van der Waals surface area contributed by atoms with Crippen molar-refractivity contribution in [2.75, 3.05) is 18.1 Å². The largest absolute Gasteiger partial charge is 0.280 e. The van der Waals surface area contributed by atoms with Crippen LogP contribution >= 0.6 is 0 Å². The van der Waals surface area contributed by atoms with Gasteiger partial charge in [-0.1, -0.05) is 29.8 Å². The summed E-state index contributed by atoms with van der Waals surface area (Å²) in [6.45, 7) is 4.50. The minimum Gasteiger partial charge on any atom is -0.280 e. The molecule has 0 spiro atoms. The average Bonchev–Trinajstić information content (AvgIpc) is 2.83. The summed E-state index contributed by atoms with van der Waals surface area (Å²) in [6.07, 6.45) is 4.25. The molecule has 4 nitrogen and oxygen atoms in total. The second kappa shape index (κ2) is 5.06. The quantitative estimate of drug-likeness (QED) is 0.800. The van der Waals surface area contributed by atoms with E-state index in [0.29, 0.717) is 6.17 Å². The zero-order chi connectivity index (χ0) is 12.4. The van der Waals surface area contributed by atoms with Crippen molar-refractivity contribution in [3.63, 3.8) is 0 Å². The van der Waals surface area contributed by atoms with Crippen molar-refractivity contribution in [3.8, 4) is 0 Å². The van der Waals surface area contributed by atoms with Gasteiger partial charge in [-0.3, -0.25) is 4.90 Å². The Labute approximate surface area is 108 Å². The molecule has 2 aliphatic heterocycles. The third-order valence-corrected chi connectivity index (χ3v) is 3.80. The van der Waals surface area contributed by atoms with Crippen LogP contribution in [0.1, 0.15) is 26.2 Å². The lowest BCUT2D eigenvalue weighted by Gasteiger charge is -2.37. The summed E-state index contributed by atoms with van der Waals surface area (Å²) in [5, 5.41) is 10.8. The Hall–Kier alpha value is -1.42. The molecule has 1 saturated heterocycles. The van der Waals surface area contributed by atoms with E-state index in [-0.39, 0.29) is 6.04 Å². The van der Waals surface area contributed by atoms with Gasteiger partial charge in [0.25, 0.3) is 0 Å². The Kier molecular flexibility index (Phi) is 3.28. The van der Waals surface area contributed by atoms with Gasteiger partial charge >= 0.3 is 0 Å². The molecular weight excluding hydrogens is 224 g/mol. The lowest BCUT2D eigenvalue weighted by molar-refractivity contribution is 0.155. The molecule has 18 heavy (non-hydrogen) atoms. The summed E-state index contributed by atoms with van der Waals surface area (Å²) in [5.74, 6) is 0. The SMILES string of the molecule is C[C@H]1N=NN(c2ccccc2)[C@H]1N1CCCCC1. The predicted octanol–water partition coefficient (Wildman–Crippen LogP) is 3.07. The van der Waals surface area contributed by atoms with E-state index in [1.807, 2.05) is 6.07 Å². The van der Waals surface area contributed by atoms with Gasteiger partial charge in [0, 0.05) is 13.1 Å². The molecule has 0 saturated carbocycles. The molecule has 0 N–H and O–H groups in total. The molecule has 2 heterocycles. The summed E-state index contributed by atoms with van der Waals surface area (Å²) in [4.78, 5) is 2.53. The van der Waals surface area contributed by atoms with Crippen LogP contribution in [0, 0.1) is 0 Å². The first kappa shape index (κ1) is 11.7. The van der Waals surface area contributed by atoms with Gasteiger partial charge < -0.3 is 0 Å². The lowest BCUT2D eigenvalue weighted by Crippen LogP contribution is -2.50. The molecule has 0 amide bonds. The summed E-state index contributed by atoms with van der Waals surface area (Å²) >= 11 is 0. The maximum atomic E-state index is 4.36. The molecule has 0 unspecified atom stereocenters. The van der Waals surface area contributed by atoms with E-state index in [2.05, 4.69) is 51.4 Å². The molecule has 0 aliphatic carbocycles. The highest BCUT2D eigenvalue weighted by Gasteiger charge is 2.35. The number of hydrogen-bond acceptors (Lipinski definition) is 4. The molecule has 0 radical (unpaired) electrons. The first-order valence-corrected chi connectivity index (χ1v) is 6.85. The molecule has 2 aliphatic rings. The van der Waals surface area contributed by atoms with Gasteiger partial charge in [-0.2, -0.15) is 5.11 Å². The highest BCUT2D eigenvalue weighted by Crippen LogP contribution is 2.29. The molecule has 2 atom stereocenters. The number of benzene rings is 1. The van der Waals surface area contributed by atoms with E-state index in [9.17, 15) is 0 Å². The fourth-order valence-corrected chi connectivity index (χ4v) is 2.88. The molecule has 3 rings (SSSR count). The van der Waals surface area contributed by atoms with Gasteiger partial charge in [-0.15, -0.1) is 0 Å². The minimum absolute atomic E-state index is 0.253. The number of anilines is 1. The van der Waals surface area contributed by atoms with Crippen molar-refractivity contribution >= 4 is 5.69 Å². The second-order valence-corrected chi connectivity index (χ2v) is 5.14. The van der Waals surface area contributed by atoms with E-state index in [4.69, 9.17) is 0 Å². The molecule has 1 fully saturated rings. The summed E-state index contributed by atoms with van der Waals surface area (Å²) < 4.78 is 0. The van der Waals surface area contributed by atoms with Gasteiger partial charge in [0.2, 0.25) is 0 Å². The van der Waals surface area contributed by atoms with E-state index in [0.717, 1.165) is 5.69 Å². The number of nitrogens with zero attached hydrogens (tertiary/aromatic N) is 4. The summed E-state index contributed by atoms with van der Waals surface area (Å²) in [5.41, 5.74) is 1.14. The number of likely N-dealkylation sites (tertiary alicyclic amines) is 1. The third kappa shape index (κ3) is 2.12. The smallest absolute Gasteiger partial charge is 0.130 e. The summed E-state index contributed by atoms with van der Waals surface area (Å²) in [6, 6.07) is 10.6. The lowest BCUT2D eigenvalue weighted by atomic mass is 10.1. The zero-order valence-electron chi connectivity index (χ0n) is 10.9. The van der Waals surface area contributed by atoms with Crippen LogP contribution in [-0.4, -0.2) is 30.2 Å². The fraction of sp³-hybridized carbons (Fsp3) is 0.571. The maximum Gasteiger partial charge on any atom is 0.130 e. The Bertz CT molecular complexity index is 411. The fourth-order valence-electron chi connectivity index (χ4n) is 2.88. The van der Waals surface area contributed by atoms with Crippen molar-refractivity contribution in [2.24, 2.45) is 10.3 Å². The number of para-hydroxylation sites is 1. The first-order chi connectivity index (χ1) is 8.86. The van der Waals surface area contributed by atoms with E-state index in [1.54, 1.807) is 0 Å².